The first-order chi connectivity index (χ1) is 9.52. The molecule has 0 bridgehead atoms. The van der Waals surface area contributed by atoms with E-state index in [-0.39, 0.29) is 5.41 Å². The molecule has 0 saturated heterocycles. The van der Waals surface area contributed by atoms with Gasteiger partial charge in [-0.2, -0.15) is 0 Å². The molecule has 0 N–H and O–H groups in total. The van der Waals surface area contributed by atoms with Crippen molar-refractivity contribution in [1.82, 2.24) is 9.97 Å². The monoisotopic (exact) mass is 270 g/mol. The van der Waals surface area contributed by atoms with Gasteiger partial charge in [-0.25, -0.2) is 9.97 Å². The van der Waals surface area contributed by atoms with Crippen LogP contribution in [0.3, 0.4) is 0 Å². The molecule has 0 atom stereocenters. The maximum atomic E-state index is 5.71. The quantitative estimate of drug-likeness (QED) is 0.834. The Labute approximate surface area is 121 Å². The fourth-order valence-corrected chi connectivity index (χ4v) is 1.98. The third-order valence-corrected chi connectivity index (χ3v) is 3.16. The summed E-state index contributed by atoms with van der Waals surface area (Å²) in [6.45, 7) is 9.40. The SMILES string of the molecule is CCCOc1cncnc1-c1ccc(C(C)(C)C)cc1. The fraction of sp³-hybridized carbons (Fsp3) is 0.412. The zero-order valence-electron chi connectivity index (χ0n) is 12.7. The highest BCUT2D eigenvalue weighted by Crippen LogP contribution is 2.29. The van der Waals surface area contributed by atoms with Crippen molar-refractivity contribution in [2.24, 2.45) is 0 Å². The highest BCUT2D eigenvalue weighted by molar-refractivity contribution is 5.65. The zero-order valence-corrected chi connectivity index (χ0v) is 12.7. The van der Waals surface area contributed by atoms with Gasteiger partial charge in [0.1, 0.15) is 12.0 Å². The highest BCUT2D eigenvalue weighted by Gasteiger charge is 2.14. The maximum Gasteiger partial charge on any atom is 0.163 e. The molecule has 2 aromatic rings. The molecule has 0 saturated carbocycles. The van der Waals surface area contributed by atoms with Crippen molar-refractivity contribution in [2.45, 2.75) is 39.5 Å². The molecular formula is C17H22N2O. The van der Waals surface area contributed by atoms with Gasteiger partial charge in [0.15, 0.2) is 5.75 Å². The molecule has 0 spiro atoms. The lowest BCUT2D eigenvalue weighted by Crippen LogP contribution is -2.10. The molecule has 0 aliphatic carbocycles. The summed E-state index contributed by atoms with van der Waals surface area (Å²) in [6, 6.07) is 8.51. The lowest BCUT2D eigenvalue weighted by molar-refractivity contribution is 0.316. The summed E-state index contributed by atoms with van der Waals surface area (Å²) < 4.78 is 5.71. The number of aromatic nitrogens is 2. The number of benzene rings is 1. The first-order valence-electron chi connectivity index (χ1n) is 7.06. The summed E-state index contributed by atoms with van der Waals surface area (Å²) in [6.07, 6.45) is 4.26. The van der Waals surface area contributed by atoms with Gasteiger partial charge in [0.2, 0.25) is 0 Å². The van der Waals surface area contributed by atoms with E-state index in [1.165, 1.54) is 5.56 Å². The minimum absolute atomic E-state index is 0.158. The number of hydrogen-bond acceptors (Lipinski definition) is 3. The molecule has 0 aliphatic rings. The van der Waals surface area contributed by atoms with Gasteiger partial charge in [0.05, 0.1) is 12.8 Å². The highest BCUT2D eigenvalue weighted by atomic mass is 16.5. The minimum atomic E-state index is 0.158. The molecule has 0 amide bonds. The Morgan fingerprint density at radius 1 is 1.10 bits per heavy atom. The molecule has 2 rings (SSSR count). The summed E-state index contributed by atoms with van der Waals surface area (Å²) in [5, 5.41) is 0. The van der Waals surface area contributed by atoms with Crippen molar-refractivity contribution < 1.29 is 4.74 Å². The Kier molecular flexibility index (Phi) is 4.38. The van der Waals surface area contributed by atoms with E-state index in [0.29, 0.717) is 6.61 Å². The predicted octanol–water partition coefficient (Wildman–Crippen LogP) is 4.23. The molecule has 3 heteroatoms. The van der Waals surface area contributed by atoms with Crippen molar-refractivity contribution in [2.75, 3.05) is 6.61 Å². The zero-order chi connectivity index (χ0) is 14.6. The average molecular weight is 270 g/mol. The largest absolute Gasteiger partial charge is 0.490 e. The molecule has 0 fully saturated rings. The second-order valence-electron chi connectivity index (χ2n) is 5.91. The minimum Gasteiger partial charge on any atom is -0.490 e. The van der Waals surface area contributed by atoms with Crippen LogP contribution in [0.2, 0.25) is 0 Å². The summed E-state index contributed by atoms with van der Waals surface area (Å²) in [5.41, 5.74) is 3.39. The summed E-state index contributed by atoms with van der Waals surface area (Å²) in [7, 11) is 0. The summed E-state index contributed by atoms with van der Waals surface area (Å²) >= 11 is 0. The third kappa shape index (κ3) is 3.35. The summed E-state index contributed by atoms with van der Waals surface area (Å²) in [4.78, 5) is 8.40. The molecule has 1 heterocycles. The Hall–Kier alpha value is -1.90. The predicted molar refractivity (Wildman–Crippen MR) is 82.0 cm³/mol. The van der Waals surface area contributed by atoms with Crippen LogP contribution in [0.4, 0.5) is 0 Å². The average Bonchev–Trinajstić information content (AvgIpc) is 2.45. The van der Waals surface area contributed by atoms with E-state index in [1.54, 1.807) is 12.5 Å². The van der Waals surface area contributed by atoms with Gasteiger partial charge in [0.25, 0.3) is 0 Å². The van der Waals surface area contributed by atoms with Crippen LogP contribution in [0.1, 0.15) is 39.7 Å². The van der Waals surface area contributed by atoms with Crippen LogP contribution in [0.25, 0.3) is 11.3 Å². The molecule has 1 aromatic heterocycles. The van der Waals surface area contributed by atoms with Crippen molar-refractivity contribution in [3.8, 4) is 17.0 Å². The first kappa shape index (κ1) is 14.5. The number of rotatable bonds is 4. The topological polar surface area (TPSA) is 35.0 Å². The molecule has 3 nitrogen and oxygen atoms in total. The molecule has 106 valence electrons. The van der Waals surface area contributed by atoms with Gasteiger partial charge in [-0.3, -0.25) is 0 Å². The van der Waals surface area contributed by atoms with Crippen LogP contribution in [0.5, 0.6) is 5.75 Å². The molecule has 0 radical (unpaired) electrons. The van der Waals surface area contributed by atoms with E-state index in [2.05, 4.69) is 61.9 Å². The third-order valence-electron chi connectivity index (χ3n) is 3.16. The standard InChI is InChI=1S/C17H22N2O/c1-5-10-20-15-11-18-12-19-16(15)13-6-8-14(9-7-13)17(2,3)4/h6-9,11-12H,5,10H2,1-4H3. The van der Waals surface area contributed by atoms with Gasteiger partial charge >= 0.3 is 0 Å². The van der Waals surface area contributed by atoms with Crippen molar-refractivity contribution in [3.05, 3.63) is 42.4 Å². The normalized spacial score (nSPS) is 11.4. The van der Waals surface area contributed by atoms with E-state index in [1.807, 2.05) is 0 Å². The second kappa shape index (κ2) is 6.04. The van der Waals surface area contributed by atoms with Crippen LogP contribution in [-0.2, 0) is 5.41 Å². The lowest BCUT2D eigenvalue weighted by atomic mass is 9.86. The number of nitrogens with zero attached hydrogens (tertiary/aromatic N) is 2. The summed E-state index contributed by atoms with van der Waals surface area (Å²) in [5.74, 6) is 0.748. The van der Waals surface area contributed by atoms with E-state index in [4.69, 9.17) is 4.74 Å². The molecule has 1 aromatic carbocycles. The van der Waals surface area contributed by atoms with E-state index in [0.717, 1.165) is 23.4 Å². The van der Waals surface area contributed by atoms with Crippen LogP contribution < -0.4 is 4.74 Å². The van der Waals surface area contributed by atoms with Crippen LogP contribution >= 0.6 is 0 Å². The van der Waals surface area contributed by atoms with Crippen molar-refractivity contribution in [1.29, 1.82) is 0 Å². The smallest absolute Gasteiger partial charge is 0.163 e. The van der Waals surface area contributed by atoms with E-state index in [9.17, 15) is 0 Å². The fourth-order valence-electron chi connectivity index (χ4n) is 1.98. The van der Waals surface area contributed by atoms with Gasteiger partial charge in [0, 0.05) is 5.56 Å². The van der Waals surface area contributed by atoms with Crippen molar-refractivity contribution in [3.63, 3.8) is 0 Å². The van der Waals surface area contributed by atoms with Crippen LogP contribution in [0, 0.1) is 0 Å². The van der Waals surface area contributed by atoms with Crippen LogP contribution in [-0.4, -0.2) is 16.6 Å². The Morgan fingerprint density at radius 3 is 2.40 bits per heavy atom. The Bertz CT molecular complexity index is 556. The molecule has 0 aliphatic heterocycles. The molecular weight excluding hydrogens is 248 g/mol. The van der Waals surface area contributed by atoms with Crippen molar-refractivity contribution >= 4 is 0 Å². The maximum absolute atomic E-state index is 5.71. The van der Waals surface area contributed by atoms with E-state index < -0.39 is 0 Å². The number of ether oxygens (including phenoxy) is 1. The van der Waals surface area contributed by atoms with E-state index >= 15 is 0 Å². The molecule has 0 unspecified atom stereocenters. The first-order valence-corrected chi connectivity index (χ1v) is 7.06. The Balaban J connectivity index is 2.32. The van der Waals surface area contributed by atoms with Gasteiger partial charge in [-0.15, -0.1) is 0 Å². The Morgan fingerprint density at radius 2 is 1.80 bits per heavy atom. The van der Waals surface area contributed by atoms with Crippen LogP contribution in [0.15, 0.2) is 36.8 Å². The van der Waals surface area contributed by atoms with Gasteiger partial charge < -0.3 is 4.74 Å². The number of hydrogen-bond donors (Lipinski definition) is 0. The lowest BCUT2D eigenvalue weighted by Gasteiger charge is -2.19. The molecule has 20 heavy (non-hydrogen) atoms. The van der Waals surface area contributed by atoms with Gasteiger partial charge in [-0.05, 0) is 17.4 Å². The van der Waals surface area contributed by atoms with Gasteiger partial charge in [-0.1, -0.05) is 52.0 Å². The second-order valence-corrected chi connectivity index (χ2v) is 5.91.